The van der Waals surface area contributed by atoms with Crippen LogP contribution in [0, 0.1) is 0 Å². The molecule has 0 N–H and O–H groups in total. The fraction of sp³-hybridized carbons (Fsp3) is 0.429. The van der Waals surface area contributed by atoms with Gasteiger partial charge in [0, 0.05) is 0 Å². The molecule has 14 heavy (non-hydrogen) atoms. The summed E-state index contributed by atoms with van der Waals surface area (Å²) in [4.78, 5) is 0. The molecule has 0 aliphatic heterocycles. The van der Waals surface area contributed by atoms with E-state index in [9.17, 15) is 0 Å². The summed E-state index contributed by atoms with van der Waals surface area (Å²) in [6.07, 6.45) is 8.77. The summed E-state index contributed by atoms with van der Waals surface area (Å²) in [5.74, 6) is 0. The lowest BCUT2D eigenvalue weighted by Gasteiger charge is -2.07. The van der Waals surface area contributed by atoms with Gasteiger partial charge in [-0.25, -0.2) is 0 Å². The van der Waals surface area contributed by atoms with Crippen LogP contribution < -0.4 is 0 Å². The third-order valence-electron chi connectivity index (χ3n) is 2.96. The fourth-order valence-electron chi connectivity index (χ4n) is 2.28. The van der Waals surface area contributed by atoms with Gasteiger partial charge in [-0.2, -0.15) is 0 Å². The number of hydrogen-bond acceptors (Lipinski definition) is 0. The van der Waals surface area contributed by atoms with Crippen molar-refractivity contribution in [2.75, 3.05) is 0 Å². The first-order valence-corrected chi connectivity index (χ1v) is 5.69. The number of rotatable bonds is 1. The molecule has 0 radical (unpaired) electrons. The van der Waals surface area contributed by atoms with Gasteiger partial charge in [0.15, 0.2) is 0 Å². The Balaban J connectivity index is 2.42. The first kappa shape index (κ1) is 9.51. The van der Waals surface area contributed by atoms with Gasteiger partial charge in [0.05, 0.1) is 0 Å². The standard InChI is InChI=1S/C14H18/c1-2-7-12-8-3-4-9-13-10-5-6-11-14(12)13/h5-7,10-11H,2-4,8-9H2,1H3/b12-7+. The maximum atomic E-state index is 2.39. The Hall–Kier alpha value is -1.04. The maximum Gasteiger partial charge on any atom is -0.0196 e. The summed E-state index contributed by atoms with van der Waals surface area (Å²) < 4.78 is 0. The van der Waals surface area contributed by atoms with Crippen LogP contribution in [-0.4, -0.2) is 0 Å². The summed E-state index contributed by atoms with van der Waals surface area (Å²) in [5, 5.41) is 0. The number of hydrogen-bond donors (Lipinski definition) is 0. The van der Waals surface area contributed by atoms with E-state index < -0.39 is 0 Å². The van der Waals surface area contributed by atoms with Gasteiger partial charge in [0.25, 0.3) is 0 Å². The average Bonchev–Trinajstić information content (AvgIpc) is 2.42. The molecule has 0 atom stereocenters. The van der Waals surface area contributed by atoms with Gasteiger partial charge in [0.1, 0.15) is 0 Å². The second-order valence-corrected chi connectivity index (χ2v) is 4.00. The van der Waals surface area contributed by atoms with Crippen LogP contribution in [0.15, 0.2) is 30.3 Å². The summed E-state index contributed by atoms with van der Waals surface area (Å²) in [7, 11) is 0. The summed E-state index contributed by atoms with van der Waals surface area (Å²) in [6, 6.07) is 8.88. The smallest absolute Gasteiger partial charge is 0.0196 e. The molecule has 0 saturated carbocycles. The van der Waals surface area contributed by atoms with Gasteiger partial charge in [-0.05, 0) is 48.8 Å². The van der Waals surface area contributed by atoms with Crippen molar-refractivity contribution >= 4 is 5.57 Å². The lowest BCUT2D eigenvalue weighted by molar-refractivity contribution is 0.770. The molecule has 0 saturated heterocycles. The van der Waals surface area contributed by atoms with Crippen LogP contribution in [0.5, 0.6) is 0 Å². The Morgan fingerprint density at radius 2 is 1.93 bits per heavy atom. The highest BCUT2D eigenvalue weighted by Gasteiger charge is 2.10. The Kier molecular flexibility index (Phi) is 3.03. The molecule has 0 bridgehead atoms. The first-order chi connectivity index (χ1) is 6.92. The molecule has 74 valence electrons. The Morgan fingerprint density at radius 1 is 1.14 bits per heavy atom. The van der Waals surface area contributed by atoms with Crippen LogP contribution in [0.4, 0.5) is 0 Å². The monoisotopic (exact) mass is 186 g/mol. The van der Waals surface area contributed by atoms with Crippen LogP contribution in [-0.2, 0) is 6.42 Å². The van der Waals surface area contributed by atoms with Crippen LogP contribution in [0.3, 0.4) is 0 Å². The van der Waals surface area contributed by atoms with E-state index in [-0.39, 0.29) is 0 Å². The highest BCUT2D eigenvalue weighted by atomic mass is 14.2. The molecular formula is C14H18. The molecule has 0 amide bonds. The highest BCUT2D eigenvalue weighted by Crippen LogP contribution is 2.29. The predicted octanol–water partition coefficient (Wildman–Crippen LogP) is 4.21. The second kappa shape index (κ2) is 4.45. The van der Waals surface area contributed by atoms with Crippen molar-refractivity contribution in [3.05, 3.63) is 41.5 Å². The largest absolute Gasteiger partial charge is 0.0810 e. The topological polar surface area (TPSA) is 0 Å². The lowest BCUT2D eigenvalue weighted by atomic mass is 9.98. The van der Waals surface area contributed by atoms with E-state index in [1.165, 1.54) is 31.2 Å². The van der Waals surface area contributed by atoms with Crippen LogP contribution in [0.25, 0.3) is 5.57 Å². The molecule has 0 heteroatoms. The van der Waals surface area contributed by atoms with E-state index in [4.69, 9.17) is 0 Å². The van der Waals surface area contributed by atoms with Crippen molar-refractivity contribution in [3.63, 3.8) is 0 Å². The molecule has 1 aliphatic carbocycles. The molecule has 0 unspecified atom stereocenters. The summed E-state index contributed by atoms with van der Waals surface area (Å²) in [6.45, 7) is 2.22. The number of allylic oxidation sites excluding steroid dienone is 2. The van der Waals surface area contributed by atoms with E-state index in [1.54, 1.807) is 11.1 Å². The molecule has 0 heterocycles. The molecular weight excluding hydrogens is 168 g/mol. The lowest BCUT2D eigenvalue weighted by Crippen LogP contribution is -1.88. The maximum absolute atomic E-state index is 2.39. The van der Waals surface area contributed by atoms with Crippen LogP contribution >= 0.6 is 0 Å². The predicted molar refractivity (Wildman–Crippen MR) is 62.3 cm³/mol. The summed E-state index contributed by atoms with van der Waals surface area (Å²) >= 11 is 0. The zero-order valence-corrected chi connectivity index (χ0v) is 8.92. The van der Waals surface area contributed by atoms with E-state index in [2.05, 4.69) is 37.3 Å². The SMILES string of the molecule is CC/C=C1\CCCCc2ccccc21. The third-order valence-corrected chi connectivity index (χ3v) is 2.96. The van der Waals surface area contributed by atoms with E-state index >= 15 is 0 Å². The van der Waals surface area contributed by atoms with E-state index in [1.807, 2.05) is 0 Å². The van der Waals surface area contributed by atoms with E-state index in [0.717, 1.165) is 6.42 Å². The van der Waals surface area contributed by atoms with Crippen molar-refractivity contribution in [1.82, 2.24) is 0 Å². The molecule has 1 aromatic carbocycles. The normalized spacial score (nSPS) is 19.1. The minimum absolute atomic E-state index is 1.16. The molecule has 0 fully saturated rings. The van der Waals surface area contributed by atoms with Crippen molar-refractivity contribution in [3.8, 4) is 0 Å². The van der Waals surface area contributed by atoms with Gasteiger partial charge < -0.3 is 0 Å². The van der Waals surface area contributed by atoms with Gasteiger partial charge >= 0.3 is 0 Å². The van der Waals surface area contributed by atoms with Crippen LogP contribution in [0.1, 0.15) is 43.7 Å². The molecule has 1 aromatic rings. The average molecular weight is 186 g/mol. The van der Waals surface area contributed by atoms with Gasteiger partial charge in [-0.1, -0.05) is 37.3 Å². The summed E-state index contributed by atoms with van der Waals surface area (Å²) in [5.41, 5.74) is 4.62. The van der Waals surface area contributed by atoms with Crippen molar-refractivity contribution < 1.29 is 0 Å². The Morgan fingerprint density at radius 3 is 2.79 bits per heavy atom. The molecule has 0 aromatic heterocycles. The van der Waals surface area contributed by atoms with Gasteiger partial charge in [-0.3, -0.25) is 0 Å². The third kappa shape index (κ3) is 1.89. The van der Waals surface area contributed by atoms with Gasteiger partial charge in [-0.15, -0.1) is 0 Å². The zero-order valence-electron chi connectivity index (χ0n) is 8.92. The molecule has 2 rings (SSSR count). The van der Waals surface area contributed by atoms with Crippen molar-refractivity contribution in [2.24, 2.45) is 0 Å². The quantitative estimate of drug-likeness (QED) is 0.576. The van der Waals surface area contributed by atoms with Crippen LogP contribution in [0.2, 0.25) is 0 Å². The number of benzene rings is 1. The minimum Gasteiger partial charge on any atom is -0.0810 e. The minimum atomic E-state index is 1.16. The highest BCUT2D eigenvalue weighted by molar-refractivity contribution is 5.68. The first-order valence-electron chi connectivity index (χ1n) is 5.69. The van der Waals surface area contributed by atoms with Crippen molar-refractivity contribution in [2.45, 2.75) is 39.0 Å². The molecule has 0 spiro atoms. The van der Waals surface area contributed by atoms with Crippen molar-refractivity contribution in [1.29, 1.82) is 0 Å². The Bertz CT molecular complexity index is 334. The second-order valence-electron chi connectivity index (χ2n) is 4.00. The zero-order chi connectivity index (χ0) is 9.80. The number of fused-ring (bicyclic) bond motifs is 1. The van der Waals surface area contributed by atoms with Gasteiger partial charge in [0.2, 0.25) is 0 Å². The molecule has 0 nitrogen and oxygen atoms in total. The fourth-order valence-corrected chi connectivity index (χ4v) is 2.28. The number of aryl methyl sites for hydroxylation is 1. The molecule has 1 aliphatic rings. The Labute approximate surface area is 86.7 Å². The van der Waals surface area contributed by atoms with E-state index in [0.29, 0.717) is 0 Å².